The summed E-state index contributed by atoms with van der Waals surface area (Å²) >= 11 is 1.50. The van der Waals surface area contributed by atoms with E-state index in [4.69, 9.17) is 5.73 Å². The molecular formula is C11H14N4O2S. The van der Waals surface area contributed by atoms with Gasteiger partial charge in [-0.2, -0.15) is 0 Å². The minimum atomic E-state index is -0.533. The number of hydrogen-bond acceptors (Lipinski definition) is 6. The van der Waals surface area contributed by atoms with Gasteiger partial charge in [0, 0.05) is 17.5 Å². The Morgan fingerprint density at radius 3 is 2.83 bits per heavy atom. The van der Waals surface area contributed by atoms with Gasteiger partial charge in [0.25, 0.3) is 0 Å². The van der Waals surface area contributed by atoms with Crippen LogP contribution in [0, 0.1) is 6.92 Å². The van der Waals surface area contributed by atoms with Gasteiger partial charge in [-0.1, -0.05) is 6.92 Å². The second kappa shape index (κ2) is 4.77. The maximum absolute atomic E-state index is 11.6. The van der Waals surface area contributed by atoms with Gasteiger partial charge in [0.2, 0.25) is 0 Å². The second-order valence-corrected chi connectivity index (χ2v) is 4.91. The van der Waals surface area contributed by atoms with Gasteiger partial charge in [-0.3, -0.25) is 4.57 Å². The van der Waals surface area contributed by atoms with Gasteiger partial charge in [-0.15, -0.1) is 11.3 Å². The molecule has 0 saturated carbocycles. The van der Waals surface area contributed by atoms with E-state index in [0.29, 0.717) is 17.4 Å². The Hall–Kier alpha value is -1.89. The molecule has 0 atom stereocenters. The summed E-state index contributed by atoms with van der Waals surface area (Å²) in [7, 11) is 1.31. The van der Waals surface area contributed by atoms with Crippen LogP contribution in [0.15, 0.2) is 6.20 Å². The number of ether oxygens (including phenoxy) is 1. The average molecular weight is 266 g/mol. The number of anilines is 1. The Kier molecular flexibility index (Phi) is 3.33. The fourth-order valence-electron chi connectivity index (χ4n) is 1.62. The summed E-state index contributed by atoms with van der Waals surface area (Å²) in [6.45, 7) is 3.90. The van der Waals surface area contributed by atoms with E-state index < -0.39 is 5.97 Å². The van der Waals surface area contributed by atoms with E-state index in [1.54, 1.807) is 10.8 Å². The normalized spacial score (nSPS) is 10.6. The highest BCUT2D eigenvalue weighted by Gasteiger charge is 2.22. The number of rotatable bonds is 3. The van der Waals surface area contributed by atoms with E-state index in [2.05, 4.69) is 14.7 Å². The molecule has 6 nitrogen and oxygen atoms in total. The SMILES string of the molecule is CCc1nc(C(=O)OC)c(N)n1-c1ncc(C)s1. The first-order valence-corrected chi connectivity index (χ1v) is 6.28. The van der Waals surface area contributed by atoms with Crippen LogP contribution in [0.25, 0.3) is 5.13 Å². The Labute approximate surface area is 108 Å². The molecule has 0 saturated heterocycles. The number of carbonyl (C=O) groups excluding carboxylic acids is 1. The van der Waals surface area contributed by atoms with Crippen molar-refractivity contribution in [3.05, 3.63) is 22.6 Å². The Balaban J connectivity index is 2.59. The smallest absolute Gasteiger partial charge is 0.360 e. The Morgan fingerprint density at radius 2 is 2.33 bits per heavy atom. The second-order valence-electron chi connectivity index (χ2n) is 3.70. The zero-order valence-electron chi connectivity index (χ0n) is 10.4. The average Bonchev–Trinajstić information content (AvgIpc) is 2.91. The molecule has 0 aliphatic rings. The van der Waals surface area contributed by atoms with Gasteiger partial charge >= 0.3 is 5.97 Å². The van der Waals surface area contributed by atoms with E-state index >= 15 is 0 Å². The van der Waals surface area contributed by atoms with Gasteiger partial charge in [0.05, 0.1) is 7.11 Å². The zero-order valence-corrected chi connectivity index (χ0v) is 11.2. The molecule has 0 aromatic carbocycles. The summed E-state index contributed by atoms with van der Waals surface area (Å²) < 4.78 is 6.36. The van der Waals surface area contributed by atoms with Gasteiger partial charge in [0.15, 0.2) is 10.8 Å². The number of nitrogens with two attached hydrogens (primary N) is 1. The predicted octanol–water partition coefficient (Wildman–Crippen LogP) is 1.57. The maximum Gasteiger partial charge on any atom is 0.360 e. The maximum atomic E-state index is 11.6. The molecule has 0 fully saturated rings. The molecule has 0 unspecified atom stereocenters. The van der Waals surface area contributed by atoms with Crippen LogP contribution in [0.4, 0.5) is 5.82 Å². The topological polar surface area (TPSA) is 83.0 Å². The van der Waals surface area contributed by atoms with Crippen LogP contribution in [-0.4, -0.2) is 27.6 Å². The van der Waals surface area contributed by atoms with Crippen LogP contribution >= 0.6 is 11.3 Å². The Morgan fingerprint density at radius 1 is 1.61 bits per heavy atom. The first-order valence-electron chi connectivity index (χ1n) is 5.46. The van der Waals surface area contributed by atoms with Crippen LogP contribution in [0.3, 0.4) is 0 Å². The van der Waals surface area contributed by atoms with Gasteiger partial charge < -0.3 is 10.5 Å². The van der Waals surface area contributed by atoms with Crippen molar-refractivity contribution in [1.82, 2.24) is 14.5 Å². The van der Waals surface area contributed by atoms with Crippen LogP contribution in [-0.2, 0) is 11.2 Å². The number of nitrogen functional groups attached to an aromatic ring is 1. The minimum absolute atomic E-state index is 0.141. The van der Waals surface area contributed by atoms with Crippen LogP contribution < -0.4 is 5.73 Å². The number of carbonyl (C=O) groups is 1. The third-order valence-corrected chi connectivity index (χ3v) is 3.38. The van der Waals surface area contributed by atoms with Gasteiger partial charge in [0.1, 0.15) is 11.6 Å². The molecular weight excluding hydrogens is 252 g/mol. The fraction of sp³-hybridized carbons (Fsp3) is 0.364. The van der Waals surface area contributed by atoms with E-state index in [0.717, 1.165) is 4.88 Å². The lowest BCUT2D eigenvalue weighted by Crippen LogP contribution is -2.07. The lowest BCUT2D eigenvalue weighted by Gasteiger charge is -2.03. The first-order chi connectivity index (χ1) is 8.58. The molecule has 0 spiro atoms. The molecule has 0 aliphatic heterocycles. The fourth-order valence-corrected chi connectivity index (χ4v) is 2.42. The van der Waals surface area contributed by atoms with Crippen molar-refractivity contribution < 1.29 is 9.53 Å². The predicted molar refractivity (Wildman–Crippen MR) is 69.1 cm³/mol. The molecule has 0 bridgehead atoms. The highest BCUT2D eigenvalue weighted by molar-refractivity contribution is 7.14. The molecule has 2 heterocycles. The number of nitrogens with zero attached hydrogens (tertiary/aromatic N) is 3. The summed E-state index contributed by atoms with van der Waals surface area (Å²) in [5.41, 5.74) is 6.10. The lowest BCUT2D eigenvalue weighted by atomic mass is 10.4. The first kappa shape index (κ1) is 12.6. The molecule has 18 heavy (non-hydrogen) atoms. The monoisotopic (exact) mass is 266 g/mol. The van der Waals surface area contributed by atoms with E-state index in [1.807, 2.05) is 13.8 Å². The highest BCUT2D eigenvalue weighted by atomic mass is 32.1. The van der Waals surface area contributed by atoms with Crippen molar-refractivity contribution in [2.24, 2.45) is 0 Å². The van der Waals surface area contributed by atoms with Crippen molar-refractivity contribution in [2.75, 3.05) is 12.8 Å². The number of esters is 1. The number of aromatic nitrogens is 3. The van der Waals surface area contributed by atoms with Crippen LogP contribution in [0.1, 0.15) is 28.1 Å². The summed E-state index contributed by atoms with van der Waals surface area (Å²) in [6.07, 6.45) is 2.41. The van der Waals surface area contributed by atoms with Crippen molar-refractivity contribution in [2.45, 2.75) is 20.3 Å². The Bertz CT molecular complexity index is 588. The largest absolute Gasteiger partial charge is 0.464 e. The number of methoxy groups -OCH3 is 1. The summed E-state index contributed by atoms with van der Waals surface area (Å²) in [5, 5.41) is 0.713. The van der Waals surface area contributed by atoms with Crippen LogP contribution in [0.5, 0.6) is 0 Å². The molecule has 0 radical (unpaired) electrons. The molecule has 0 amide bonds. The summed E-state index contributed by atoms with van der Waals surface area (Å²) in [6, 6.07) is 0. The summed E-state index contributed by atoms with van der Waals surface area (Å²) in [4.78, 5) is 21.1. The van der Waals surface area contributed by atoms with E-state index in [-0.39, 0.29) is 11.5 Å². The molecule has 7 heteroatoms. The lowest BCUT2D eigenvalue weighted by molar-refractivity contribution is 0.0596. The molecule has 96 valence electrons. The number of imidazole rings is 1. The zero-order chi connectivity index (χ0) is 13.3. The summed E-state index contributed by atoms with van der Waals surface area (Å²) in [5.74, 6) is 0.435. The van der Waals surface area contributed by atoms with Crippen molar-refractivity contribution >= 4 is 23.1 Å². The number of aryl methyl sites for hydroxylation is 2. The number of thiazole rings is 1. The van der Waals surface area contributed by atoms with Crippen LogP contribution in [0.2, 0.25) is 0 Å². The molecule has 2 aromatic rings. The van der Waals surface area contributed by atoms with Gasteiger partial charge in [-0.25, -0.2) is 14.8 Å². The molecule has 0 aliphatic carbocycles. The highest BCUT2D eigenvalue weighted by Crippen LogP contribution is 2.25. The van der Waals surface area contributed by atoms with E-state index in [1.165, 1.54) is 18.4 Å². The van der Waals surface area contributed by atoms with Crippen molar-refractivity contribution in [1.29, 1.82) is 0 Å². The standard InChI is InChI=1S/C11H14N4O2S/c1-4-7-14-8(10(16)17-3)9(12)15(7)11-13-5-6(2)18-11/h5H,4,12H2,1-3H3. The molecule has 2 aromatic heterocycles. The van der Waals surface area contributed by atoms with E-state index in [9.17, 15) is 4.79 Å². The third kappa shape index (κ3) is 1.97. The number of hydrogen-bond donors (Lipinski definition) is 1. The molecule has 2 N–H and O–H groups in total. The minimum Gasteiger partial charge on any atom is -0.464 e. The quantitative estimate of drug-likeness (QED) is 0.852. The van der Waals surface area contributed by atoms with Gasteiger partial charge in [-0.05, 0) is 6.92 Å². The van der Waals surface area contributed by atoms with Crippen molar-refractivity contribution in [3.63, 3.8) is 0 Å². The third-order valence-electron chi connectivity index (χ3n) is 2.48. The van der Waals surface area contributed by atoms with Crippen molar-refractivity contribution in [3.8, 4) is 5.13 Å². The molecule has 2 rings (SSSR count).